The van der Waals surface area contributed by atoms with E-state index in [0.717, 1.165) is 11.1 Å². The van der Waals surface area contributed by atoms with Crippen molar-refractivity contribution in [2.24, 2.45) is 0 Å². The maximum atomic E-state index is 10.6. The molecule has 0 aliphatic rings. The van der Waals surface area contributed by atoms with Gasteiger partial charge in [0.15, 0.2) is 0 Å². The van der Waals surface area contributed by atoms with Gasteiger partial charge in [-0.1, -0.05) is 12.1 Å². The van der Waals surface area contributed by atoms with Gasteiger partial charge < -0.3 is 10.1 Å². The number of rotatable bonds is 3. The molecule has 0 bridgehead atoms. The lowest BCUT2D eigenvalue weighted by Crippen LogP contribution is -1.97. The maximum absolute atomic E-state index is 10.6. The minimum absolute atomic E-state index is 0.181. The number of aliphatic carboxylic acids is 1. The van der Waals surface area contributed by atoms with E-state index < -0.39 is 5.97 Å². The number of nitrogens with one attached hydrogen (secondary N) is 1. The molecule has 0 aliphatic heterocycles. The Labute approximate surface area is 94.1 Å². The summed E-state index contributed by atoms with van der Waals surface area (Å²) in [7, 11) is 0. The molecule has 2 aromatic rings. The van der Waals surface area contributed by atoms with Gasteiger partial charge in [-0.2, -0.15) is 0 Å². The molecule has 3 nitrogen and oxygen atoms in total. The number of aromatic nitrogens is 1. The van der Waals surface area contributed by atoms with Crippen molar-refractivity contribution < 1.29 is 9.90 Å². The average Bonchev–Trinajstić information content (AvgIpc) is 2.65. The fraction of sp³-hybridized carbons (Fsp3) is 0.308. The smallest absolute Gasteiger partial charge is 0.303 e. The number of benzene rings is 1. The van der Waals surface area contributed by atoms with Gasteiger partial charge in [0.25, 0.3) is 0 Å². The zero-order valence-corrected chi connectivity index (χ0v) is 9.50. The Kier molecular flexibility index (Phi) is 2.69. The van der Waals surface area contributed by atoms with Crippen LogP contribution in [0.4, 0.5) is 0 Å². The number of hydrogen-bond donors (Lipinski definition) is 2. The SMILES string of the molecule is Cc1ccc(C)c2c(CCC(=O)O)c[nH]c12. The standard InChI is InChI=1S/C13H15NO2/c1-8-3-4-9(2)13-12(8)10(7-14-13)5-6-11(15)16/h3-4,7,14H,5-6H2,1-2H3,(H,15,16). The highest BCUT2D eigenvalue weighted by atomic mass is 16.4. The van der Waals surface area contributed by atoms with E-state index in [0.29, 0.717) is 6.42 Å². The molecule has 0 atom stereocenters. The highest BCUT2D eigenvalue weighted by Crippen LogP contribution is 2.25. The van der Waals surface area contributed by atoms with Crippen molar-refractivity contribution in [1.29, 1.82) is 0 Å². The van der Waals surface area contributed by atoms with Crippen molar-refractivity contribution in [1.82, 2.24) is 4.98 Å². The van der Waals surface area contributed by atoms with Gasteiger partial charge in [0.1, 0.15) is 0 Å². The van der Waals surface area contributed by atoms with Crippen LogP contribution in [0.3, 0.4) is 0 Å². The second-order valence-electron chi connectivity index (χ2n) is 4.16. The minimum atomic E-state index is -0.750. The van der Waals surface area contributed by atoms with Gasteiger partial charge in [0.2, 0.25) is 0 Å². The molecule has 1 aromatic carbocycles. The molecule has 0 saturated carbocycles. The van der Waals surface area contributed by atoms with Gasteiger partial charge in [-0.15, -0.1) is 0 Å². The zero-order chi connectivity index (χ0) is 11.7. The Morgan fingerprint density at radius 1 is 1.31 bits per heavy atom. The first-order valence-electron chi connectivity index (χ1n) is 5.37. The predicted octanol–water partition coefficient (Wildman–Crippen LogP) is 2.80. The fourth-order valence-corrected chi connectivity index (χ4v) is 2.08. The van der Waals surface area contributed by atoms with Gasteiger partial charge >= 0.3 is 5.97 Å². The van der Waals surface area contributed by atoms with Crippen molar-refractivity contribution in [3.63, 3.8) is 0 Å². The van der Waals surface area contributed by atoms with E-state index in [1.807, 2.05) is 6.20 Å². The number of hydrogen-bond acceptors (Lipinski definition) is 1. The highest BCUT2D eigenvalue weighted by Gasteiger charge is 2.09. The van der Waals surface area contributed by atoms with E-state index >= 15 is 0 Å². The summed E-state index contributed by atoms with van der Waals surface area (Å²) in [6.07, 6.45) is 2.69. The number of carboxylic acids is 1. The van der Waals surface area contributed by atoms with Crippen LogP contribution < -0.4 is 0 Å². The maximum Gasteiger partial charge on any atom is 0.303 e. The number of aromatic amines is 1. The lowest BCUT2D eigenvalue weighted by Gasteiger charge is -2.02. The molecule has 2 N–H and O–H groups in total. The van der Waals surface area contributed by atoms with Gasteiger partial charge in [-0.05, 0) is 37.0 Å². The molecule has 84 valence electrons. The van der Waals surface area contributed by atoms with E-state index in [9.17, 15) is 4.79 Å². The zero-order valence-electron chi connectivity index (χ0n) is 9.50. The van der Waals surface area contributed by atoms with Gasteiger partial charge in [0.05, 0.1) is 0 Å². The summed E-state index contributed by atoms with van der Waals surface area (Å²) in [6, 6.07) is 4.16. The van der Waals surface area contributed by atoms with Crippen LogP contribution in [-0.2, 0) is 11.2 Å². The van der Waals surface area contributed by atoms with Gasteiger partial charge in [-0.25, -0.2) is 0 Å². The van der Waals surface area contributed by atoms with Crippen molar-refractivity contribution in [3.05, 3.63) is 35.0 Å². The molecule has 0 amide bonds. The molecule has 2 rings (SSSR count). The van der Waals surface area contributed by atoms with E-state index in [1.54, 1.807) is 0 Å². The van der Waals surface area contributed by atoms with E-state index in [2.05, 4.69) is 31.0 Å². The molecule has 0 radical (unpaired) electrons. The third-order valence-corrected chi connectivity index (χ3v) is 2.94. The van der Waals surface area contributed by atoms with Crippen LogP contribution in [0.1, 0.15) is 23.1 Å². The van der Waals surface area contributed by atoms with Crippen LogP contribution in [0.2, 0.25) is 0 Å². The van der Waals surface area contributed by atoms with Crippen molar-refractivity contribution >= 4 is 16.9 Å². The lowest BCUT2D eigenvalue weighted by molar-refractivity contribution is -0.136. The van der Waals surface area contributed by atoms with Crippen LogP contribution in [0, 0.1) is 13.8 Å². The van der Waals surface area contributed by atoms with Crippen LogP contribution in [0.25, 0.3) is 10.9 Å². The van der Waals surface area contributed by atoms with Gasteiger partial charge in [0, 0.05) is 23.5 Å². The first kappa shape index (κ1) is 10.7. The summed E-state index contributed by atoms with van der Waals surface area (Å²) < 4.78 is 0. The molecule has 3 heteroatoms. The average molecular weight is 217 g/mol. The van der Waals surface area contributed by atoms with Crippen LogP contribution in [0.5, 0.6) is 0 Å². The quantitative estimate of drug-likeness (QED) is 0.830. The first-order valence-corrected chi connectivity index (χ1v) is 5.37. The van der Waals surface area contributed by atoms with Crippen molar-refractivity contribution in [2.45, 2.75) is 26.7 Å². The van der Waals surface area contributed by atoms with Crippen LogP contribution in [-0.4, -0.2) is 16.1 Å². The van der Waals surface area contributed by atoms with Crippen LogP contribution >= 0.6 is 0 Å². The van der Waals surface area contributed by atoms with Gasteiger partial charge in [-0.3, -0.25) is 4.79 Å². The number of aryl methyl sites for hydroxylation is 3. The summed E-state index contributed by atoms with van der Waals surface area (Å²) in [6.45, 7) is 4.11. The largest absolute Gasteiger partial charge is 0.481 e. The minimum Gasteiger partial charge on any atom is -0.481 e. The monoisotopic (exact) mass is 217 g/mol. The Balaban J connectivity index is 2.47. The molecule has 0 fully saturated rings. The van der Waals surface area contributed by atoms with Crippen LogP contribution in [0.15, 0.2) is 18.3 Å². The first-order chi connectivity index (χ1) is 7.59. The molecular weight excluding hydrogens is 202 g/mol. The Hall–Kier alpha value is -1.77. The second kappa shape index (κ2) is 4.00. The number of carbonyl (C=O) groups is 1. The highest BCUT2D eigenvalue weighted by molar-refractivity contribution is 5.89. The summed E-state index contributed by atoms with van der Waals surface area (Å²) >= 11 is 0. The van der Waals surface area contributed by atoms with E-state index in [4.69, 9.17) is 5.11 Å². The fourth-order valence-electron chi connectivity index (χ4n) is 2.08. The molecular formula is C13H15NO2. The van der Waals surface area contributed by atoms with E-state index in [1.165, 1.54) is 16.5 Å². The Bertz CT molecular complexity index is 540. The summed E-state index contributed by atoms with van der Waals surface area (Å²) in [5.41, 5.74) is 4.61. The topological polar surface area (TPSA) is 53.1 Å². The number of fused-ring (bicyclic) bond motifs is 1. The molecule has 0 saturated heterocycles. The Morgan fingerprint density at radius 3 is 2.69 bits per heavy atom. The molecule has 1 heterocycles. The predicted molar refractivity (Wildman–Crippen MR) is 63.7 cm³/mol. The summed E-state index contributed by atoms with van der Waals surface area (Å²) in [5, 5.41) is 9.88. The normalized spacial score (nSPS) is 10.9. The third kappa shape index (κ3) is 1.81. The molecule has 0 unspecified atom stereocenters. The third-order valence-electron chi connectivity index (χ3n) is 2.94. The molecule has 0 spiro atoms. The van der Waals surface area contributed by atoms with E-state index in [-0.39, 0.29) is 6.42 Å². The summed E-state index contributed by atoms with van der Waals surface area (Å²) in [4.78, 5) is 13.8. The second-order valence-corrected chi connectivity index (χ2v) is 4.16. The molecule has 16 heavy (non-hydrogen) atoms. The Morgan fingerprint density at radius 2 is 2.00 bits per heavy atom. The molecule has 0 aliphatic carbocycles. The van der Waals surface area contributed by atoms with Crippen molar-refractivity contribution in [3.8, 4) is 0 Å². The number of H-pyrrole nitrogens is 1. The lowest BCUT2D eigenvalue weighted by atomic mass is 10.0. The van der Waals surface area contributed by atoms with Crippen molar-refractivity contribution in [2.75, 3.05) is 0 Å². The molecule has 1 aromatic heterocycles. The number of carboxylic acid groups (broad SMARTS) is 1. The summed E-state index contributed by atoms with van der Waals surface area (Å²) in [5.74, 6) is -0.750.